The fraction of sp³-hybridized carbons (Fsp3) is 0.176. The Hall–Kier alpha value is -1.86. The van der Waals surface area contributed by atoms with Crippen molar-refractivity contribution in [2.45, 2.75) is 12.8 Å². The summed E-state index contributed by atoms with van der Waals surface area (Å²) < 4.78 is 0. The number of rotatable bonds is 5. The van der Waals surface area contributed by atoms with Crippen LogP contribution < -0.4 is 5.73 Å². The summed E-state index contributed by atoms with van der Waals surface area (Å²) in [7, 11) is 0. The summed E-state index contributed by atoms with van der Waals surface area (Å²) in [5.74, 6) is 0. The molecule has 0 spiro atoms. The molecule has 0 atom stereocenters. The van der Waals surface area contributed by atoms with Gasteiger partial charge in [-0.2, -0.15) is 0 Å². The van der Waals surface area contributed by atoms with Crippen molar-refractivity contribution in [3.8, 4) is 11.1 Å². The van der Waals surface area contributed by atoms with Crippen LogP contribution in [0.2, 0.25) is 0 Å². The zero-order chi connectivity index (χ0) is 12.6. The molecular formula is C17H19N. The van der Waals surface area contributed by atoms with Gasteiger partial charge in [0.15, 0.2) is 0 Å². The molecule has 0 aromatic heterocycles. The second-order valence-corrected chi connectivity index (χ2v) is 4.32. The topological polar surface area (TPSA) is 26.0 Å². The smallest absolute Gasteiger partial charge is 0.00743 e. The highest BCUT2D eigenvalue weighted by Gasteiger charge is 1.95. The molecule has 0 aliphatic carbocycles. The van der Waals surface area contributed by atoms with Crippen molar-refractivity contribution in [1.29, 1.82) is 0 Å². The molecule has 0 radical (unpaired) electrons. The number of hydrogen-bond donors (Lipinski definition) is 1. The molecule has 2 N–H and O–H groups in total. The average molecular weight is 237 g/mol. The van der Waals surface area contributed by atoms with Crippen LogP contribution in [0.25, 0.3) is 17.2 Å². The molecule has 0 saturated heterocycles. The Kier molecular flexibility index (Phi) is 4.74. The molecule has 0 heterocycles. The first-order valence-electron chi connectivity index (χ1n) is 6.42. The molecule has 1 nitrogen and oxygen atoms in total. The number of benzene rings is 2. The van der Waals surface area contributed by atoms with E-state index < -0.39 is 0 Å². The molecule has 0 aliphatic heterocycles. The van der Waals surface area contributed by atoms with E-state index in [0.29, 0.717) is 0 Å². The molecule has 0 bridgehead atoms. The summed E-state index contributed by atoms with van der Waals surface area (Å²) >= 11 is 0. The lowest BCUT2D eigenvalue weighted by Crippen LogP contribution is -1.96. The van der Waals surface area contributed by atoms with Crippen molar-refractivity contribution >= 4 is 6.08 Å². The molecular weight excluding hydrogens is 218 g/mol. The maximum Gasteiger partial charge on any atom is -0.00743 e. The van der Waals surface area contributed by atoms with Crippen LogP contribution in [0.4, 0.5) is 0 Å². The van der Waals surface area contributed by atoms with Crippen LogP contribution in [0.15, 0.2) is 60.7 Å². The van der Waals surface area contributed by atoms with Crippen molar-refractivity contribution in [3.05, 3.63) is 66.2 Å². The van der Waals surface area contributed by atoms with Crippen LogP contribution in [0, 0.1) is 0 Å². The van der Waals surface area contributed by atoms with Gasteiger partial charge in [0.05, 0.1) is 0 Å². The van der Waals surface area contributed by atoms with Crippen molar-refractivity contribution in [2.75, 3.05) is 6.54 Å². The lowest BCUT2D eigenvalue weighted by molar-refractivity contribution is 0.857. The zero-order valence-corrected chi connectivity index (χ0v) is 10.5. The summed E-state index contributed by atoms with van der Waals surface area (Å²) in [4.78, 5) is 0. The Balaban J connectivity index is 2.04. The van der Waals surface area contributed by atoms with Gasteiger partial charge in [0, 0.05) is 0 Å². The van der Waals surface area contributed by atoms with Gasteiger partial charge in [-0.15, -0.1) is 0 Å². The minimum Gasteiger partial charge on any atom is -0.330 e. The summed E-state index contributed by atoms with van der Waals surface area (Å²) in [6, 6.07) is 19.1. The van der Waals surface area contributed by atoms with E-state index in [4.69, 9.17) is 5.73 Å². The largest absolute Gasteiger partial charge is 0.330 e. The quantitative estimate of drug-likeness (QED) is 0.778. The van der Waals surface area contributed by atoms with Gasteiger partial charge in [-0.05, 0) is 36.1 Å². The summed E-state index contributed by atoms with van der Waals surface area (Å²) in [5, 5.41) is 0. The number of hydrogen-bond acceptors (Lipinski definition) is 1. The van der Waals surface area contributed by atoms with Gasteiger partial charge < -0.3 is 5.73 Å². The van der Waals surface area contributed by atoms with Gasteiger partial charge in [0.25, 0.3) is 0 Å². The minimum absolute atomic E-state index is 0.761. The molecule has 0 fully saturated rings. The molecule has 2 aromatic carbocycles. The first-order chi connectivity index (χ1) is 8.90. The Morgan fingerprint density at radius 3 is 2.17 bits per heavy atom. The van der Waals surface area contributed by atoms with Gasteiger partial charge in [0.1, 0.15) is 0 Å². The first-order valence-corrected chi connectivity index (χ1v) is 6.42. The fourth-order valence-corrected chi connectivity index (χ4v) is 1.87. The molecule has 18 heavy (non-hydrogen) atoms. The van der Waals surface area contributed by atoms with E-state index in [2.05, 4.69) is 60.7 Å². The van der Waals surface area contributed by atoms with Crippen molar-refractivity contribution in [2.24, 2.45) is 5.73 Å². The lowest BCUT2D eigenvalue weighted by Gasteiger charge is -2.01. The number of nitrogens with two attached hydrogens (primary N) is 1. The third kappa shape index (κ3) is 3.57. The highest BCUT2D eigenvalue weighted by Crippen LogP contribution is 2.19. The van der Waals surface area contributed by atoms with E-state index in [1.165, 1.54) is 16.7 Å². The molecule has 2 aromatic rings. The van der Waals surface area contributed by atoms with Crippen LogP contribution in [-0.2, 0) is 0 Å². The number of unbranched alkanes of at least 4 members (excludes halogenated alkanes) is 1. The average Bonchev–Trinajstić information content (AvgIpc) is 2.45. The molecule has 0 amide bonds. The summed E-state index contributed by atoms with van der Waals surface area (Å²) in [6.45, 7) is 0.761. The first kappa shape index (κ1) is 12.6. The van der Waals surface area contributed by atoms with Gasteiger partial charge >= 0.3 is 0 Å². The monoisotopic (exact) mass is 237 g/mol. The lowest BCUT2D eigenvalue weighted by atomic mass is 10.0. The number of allylic oxidation sites excluding steroid dienone is 1. The minimum atomic E-state index is 0.761. The molecule has 1 heteroatoms. The Labute approximate surface area is 109 Å². The van der Waals surface area contributed by atoms with Gasteiger partial charge in [-0.25, -0.2) is 0 Å². The van der Waals surface area contributed by atoms with E-state index in [9.17, 15) is 0 Å². The van der Waals surface area contributed by atoms with E-state index in [0.717, 1.165) is 19.4 Å². The second-order valence-electron chi connectivity index (χ2n) is 4.32. The van der Waals surface area contributed by atoms with Crippen molar-refractivity contribution in [3.63, 3.8) is 0 Å². The maximum atomic E-state index is 5.46. The van der Waals surface area contributed by atoms with E-state index >= 15 is 0 Å². The molecule has 92 valence electrons. The fourth-order valence-electron chi connectivity index (χ4n) is 1.87. The van der Waals surface area contributed by atoms with Crippen molar-refractivity contribution < 1.29 is 0 Å². The predicted octanol–water partition coefficient (Wildman–Crippen LogP) is 4.11. The highest BCUT2D eigenvalue weighted by molar-refractivity contribution is 5.65. The normalized spacial score (nSPS) is 10.9. The Morgan fingerprint density at radius 1 is 0.833 bits per heavy atom. The molecule has 2 rings (SSSR count). The van der Waals surface area contributed by atoms with Gasteiger partial charge in [-0.1, -0.05) is 66.7 Å². The zero-order valence-electron chi connectivity index (χ0n) is 10.5. The van der Waals surface area contributed by atoms with Crippen LogP contribution >= 0.6 is 0 Å². The SMILES string of the molecule is NCCC/C=C/c1ccc(-c2ccccc2)cc1. The van der Waals surface area contributed by atoms with Crippen LogP contribution in [0.3, 0.4) is 0 Å². The molecule has 0 unspecified atom stereocenters. The van der Waals surface area contributed by atoms with Crippen LogP contribution in [0.5, 0.6) is 0 Å². The Morgan fingerprint density at radius 2 is 1.50 bits per heavy atom. The molecule has 0 saturated carbocycles. The highest BCUT2D eigenvalue weighted by atomic mass is 14.5. The second kappa shape index (κ2) is 6.77. The van der Waals surface area contributed by atoms with Crippen LogP contribution in [-0.4, -0.2) is 6.54 Å². The van der Waals surface area contributed by atoms with E-state index in [1.54, 1.807) is 0 Å². The predicted molar refractivity (Wildman–Crippen MR) is 79.2 cm³/mol. The van der Waals surface area contributed by atoms with Crippen molar-refractivity contribution in [1.82, 2.24) is 0 Å². The third-order valence-electron chi connectivity index (χ3n) is 2.90. The van der Waals surface area contributed by atoms with Crippen LogP contribution in [0.1, 0.15) is 18.4 Å². The summed E-state index contributed by atoms with van der Waals surface area (Å²) in [6.07, 6.45) is 6.45. The Bertz CT molecular complexity index is 483. The third-order valence-corrected chi connectivity index (χ3v) is 2.90. The van der Waals surface area contributed by atoms with Gasteiger partial charge in [0.2, 0.25) is 0 Å². The van der Waals surface area contributed by atoms with E-state index in [-0.39, 0.29) is 0 Å². The standard InChI is InChI=1S/C17H19N/c18-14-6-2-3-7-15-10-12-17(13-11-15)16-8-4-1-5-9-16/h1,3-5,7-13H,2,6,14,18H2/b7-3+. The van der Waals surface area contributed by atoms with E-state index in [1.807, 2.05) is 6.07 Å². The maximum absolute atomic E-state index is 5.46. The summed E-state index contributed by atoms with van der Waals surface area (Å²) in [5.41, 5.74) is 9.22. The molecule has 0 aliphatic rings. The van der Waals surface area contributed by atoms with Gasteiger partial charge in [-0.3, -0.25) is 0 Å².